The zero-order valence-corrected chi connectivity index (χ0v) is 11.4. The number of carbonyl (C=O) groups excluding carboxylic acids is 1. The lowest BCUT2D eigenvalue weighted by Crippen LogP contribution is -2.17. The van der Waals surface area contributed by atoms with Crippen molar-refractivity contribution in [3.63, 3.8) is 0 Å². The fourth-order valence-corrected chi connectivity index (χ4v) is 1.97. The van der Waals surface area contributed by atoms with Crippen molar-refractivity contribution in [3.8, 4) is 5.75 Å². The maximum absolute atomic E-state index is 11.6. The smallest absolute Gasteiger partial charge is 0.410 e. The standard InChI is InChI=1S/C13H12N2O4S/c1-20(17,18)12-8-7-10(9-14-12)15-13(16)19-11-5-3-2-4-6-11/h2-9H,1H3,(H,15,16). The summed E-state index contributed by atoms with van der Waals surface area (Å²) in [6.45, 7) is 0. The summed E-state index contributed by atoms with van der Waals surface area (Å²) in [4.78, 5) is 15.3. The van der Waals surface area contributed by atoms with E-state index in [9.17, 15) is 13.2 Å². The van der Waals surface area contributed by atoms with Gasteiger partial charge in [-0.15, -0.1) is 0 Å². The maximum atomic E-state index is 11.6. The number of ether oxygens (including phenoxy) is 1. The fraction of sp³-hybridized carbons (Fsp3) is 0.0769. The fourth-order valence-electron chi connectivity index (χ4n) is 1.41. The van der Waals surface area contributed by atoms with Crippen LogP contribution in [0.15, 0.2) is 53.7 Å². The molecule has 7 heteroatoms. The van der Waals surface area contributed by atoms with Gasteiger partial charge in [0.05, 0.1) is 11.9 Å². The van der Waals surface area contributed by atoms with Crippen molar-refractivity contribution in [1.82, 2.24) is 4.98 Å². The lowest BCUT2D eigenvalue weighted by Gasteiger charge is -2.06. The molecule has 0 saturated heterocycles. The first-order valence-corrected chi connectivity index (χ1v) is 7.54. The third-order valence-electron chi connectivity index (χ3n) is 2.32. The van der Waals surface area contributed by atoms with E-state index in [-0.39, 0.29) is 5.03 Å². The number of carbonyl (C=O) groups is 1. The summed E-state index contributed by atoms with van der Waals surface area (Å²) in [7, 11) is -3.35. The molecule has 0 aliphatic rings. The van der Waals surface area contributed by atoms with Crippen molar-refractivity contribution in [2.45, 2.75) is 5.03 Å². The molecule has 20 heavy (non-hydrogen) atoms. The molecule has 0 radical (unpaired) electrons. The Balaban J connectivity index is 2.02. The molecule has 2 rings (SSSR count). The number of pyridine rings is 1. The van der Waals surface area contributed by atoms with E-state index < -0.39 is 15.9 Å². The number of rotatable bonds is 3. The highest BCUT2D eigenvalue weighted by Gasteiger charge is 2.09. The van der Waals surface area contributed by atoms with Crippen molar-refractivity contribution in [2.75, 3.05) is 11.6 Å². The summed E-state index contributed by atoms with van der Waals surface area (Å²) < 4.78 is 27.5. The van der Waals surface area contributed by atoms with E-state index in [1.165, 1.54) is 18.3 Å². The number of amides is 1. The van der Waals surface area contributed by atoms with Gasteiger partial charge in [-0.05, 0) is 24.3 Å². The quantitative estimate of drug-likeness (QED) is 0.936. The minimum atomic E-state index is -3.35. The largest absolute Gasteiger partial charge is 0.417 e. The molecule has 0 spiro atoms. The first-order valence-electron chi connectivity index (χ1n) is 5.65. The Morgan fingerprint density at radius 2 is 1.85 bits per heavy atom. The van der Waals surface area contributed by atoms with Crippen molar-refractivity contribution < 1.29 is 17.9 Å². The molecule has 1 N–H and O–H groups in total. The highest BCUT2D eigenvalue weighted by atomic mass is 32.2. The summed E-state index contributed by atoms with van der Waals surface area (Å²) >= 11 is 0. The third kappa shape index (κ3) is 3.79. The van der Waals surface area contributed by atoms with Crippen LogP contribution < -0.4 is 10.1 Å². The van der Waals surface area contributed by atoms with Crippen LogP contribution in [0.1, 0.15) is 0 Å². The van der Waals surface area contributed by atoms with Gasteiger partial charge in [0, 0.05) is 6.26 Å². The molecule has 0 aliphatic heterocycles. The number of nitrogens with one attached hydrogen (secondary N) is 1. The molecular weight excluding hydrogens is 280 g/mol. The van der Waals surface area contributed by atoms with Crippen molar-refractivity contribution in [3.05, 3.63) is 48.7 Å². The second kappa shape index (κ2) is 5.70. The van der Waals surface area contributed by atoms with Crippen LogP contribution in [0, 0.1) is 0 Å². The lowest BCUT2D eigenvalue weighted by atomic mass is 10.3. The molecule has 0 saturated carbocycles. The Bertz CT molecular complexity index is 697. The van der Waals surface area contributed by atoms with Gasteiger partial charge in [-0.2, -0.15) is 0 Å². The van der Waals surface area contributed by atoms with Crippen molar-refractivity contribution >= 4 is 21.6 Å². The Hall–Kier alpha value is -2.41. The molecule has 1 amide bonds. The molecule has 0 unspecified atom stereocenters. The summed E-state index contributed by atoms with van der Waals surface area (Å²) in [6, 6.07) is 11.3. The minimum absolute atomic E-state index is 0.0560. The Morgan fingerprint density at radius 3 is 2.40 bits per heavy atom. The molecule has 0 bridgehead atoms. The van der Waals surface area contributed by atoms with Crippen molar-refractivity contribution in [2.24, 2.45) is 0 Å². The molecular formula is C13H12N2O4S. The minimum Gasteiger partial charge on any atom is -0.410 e. The van der Waals surface area contributed by atoms with E-state index in [0.29, 0.717) is 11.4 Å². The topological polar surface area (TPSA) is 85.4 Å². The van der Waals surface area contributed by atoms with Crippen LogP contribution in [0.4, 0.5) is 10.5 Å². The monoisotopic (exact) mass is 292 g/mol. The van der Waals surface area contributed by atoms with E-state index in [4.69, 9.17) is 4.74 Å². The number of para-hydroxylation sites is 1. The number of hydrogen-bond acceptors (Lipinski definition) is 5. The van der Waals surface area contributed by atoms with Crippen LogP contribution in [0.3, 0.4) is 0 Å². The second-order valence-electron chi connectivity index (χ2n) is 3.98. The lowest BCUT2D eigenvalue weighted by molar-refractivity contribution is 0.215. The van der Waals surface area contributed by atoms with E-state index in [1.807, 2.05) is 0 Å². The molecule has 0 fully saturated rings. The molecule has 1 aromatic carbocycles. The average Bonchev–Trinajstić information content (AvgIpc) is 2.39. The van der Waals surface area contributed by atoms with E-state index >= 15 is 0 Å². The van der Waals surface area contributed by atoms with Crippen LogP contribution in [-0.4, -0.2) is 25.8 Å². The van der Waals surface area contributed by atoms with Crippen molar-refractivity contribution in [1.29, 1.82) is 0 Å². The zero-order valence-electron chi connectivity index (χ0n) is 10.6. The number of sulfone groups is 1. The Labute approximate surface area is 116 Å². The second-order valence-corrected chi connectivity index (χ2v) is 5.95. The number of nitrogens with zero attached hydrogens (tertiary/aromatic N) is 1. The normalized spacial score (nSPS) is 10.8. The zero-order chi connectivity index (χ0) is 14.6. The van der Waals surface area contributed by atoms with E-state index in [0.717, 1.165) is 6.26 Å². The van der Waals surface area contributed by atoms with Gasteiger partial charge in [0.2, 0.25) is 0 Å². The van der Waals surface area contributed by atoms with Crippen LogP contribution >= 0.6 is 0 Å². The summed E-state index contributed by atoms with van der Waals surface area (Å²) in [5.74, 6) is 0.408. The summed E-state index contributed by atoms with van der Waals surface area (Å²) in [6.07, 6.45) is 1.64. The molecule has 2 aromatic rings. The summed E-state index contributed by atoms with van der Waals surface area (Å²) in [5, 5.41) is 2.39. The van der Waals surface area contributed by atoms with Gasteiger partial charge >= 0.3 is 6.09 Å². The highest BCUT2D eigenvalue weighted by Crippen LogP contribution is 2.12. The van der Waals surface area contributed by atoms with Crippen LogP contribution in [0.2, 0.25) is 0 Å². The van der Waals surface area contributed by atoms with Crippen LogP contribution in [-0.2, 0) is 9.84 Å². The maximum Gasteiger partial charge on any atom is 0.417 e. The average molecular weight is 292 g/mol. The first-order chi connectivity index (χ1) is 9.45. The van der Waals surface area contributed by atoms with Gasteiger partial charge in [-0.1, -0.05) is 18.2 Å². The van der Waals surface area contributed by atoms with E-state index in [1.54, 1.807) is 30.3 Å². The predicted octanol–water partition coefficient (Wildman–Crippen LogP) is 2.10. The molecule has 0 aliphatic carbocycles. The Kier molecular flexibility index (Phi) is 3.99. The highest BCUT2D eigenvalue weighted by molar-refractivity contribution is 7.90. The van der Waals surface area contributed by atoms with Gasteiger partial charge in [0.25, 0.3) is 0 Å². The van der Waals surface area contributed by atoms with Gasteiger partial charge in [-0.25, -0.2) is 18.2 Å². The molecule has 1 aromatic heterocycles. The third-order valence-corrected chi connectivity index (χ3v) is 3.32. The molecule has 104 valence electrons. The predicted molar refractivity (Wildman–Crippen MR) is 73.4 cm³/mol. The van der Waals surface area contributed by atoms with Gasteiger partial charge in [0.15, 0.2) is 14.9 Å². The van der Waals surface area contributed by atoms with E-state index in [2.05, 4.69) is 10.3 Å². The van der Waals surface area contributed by atoms with Gasteiger partial charge in [0.1, 0.15) is 5.75 Å². The Morgan fingerprint density at radius 1 is 1.15 bits per heavy atom. The number of benzene rings is 1. The molecule has 6 nitrogen and oxygen atoms in total. The molecule has 0 atom stereocenters. The van der Waals surface area contributed by atoms with Gasteiger partial charge in [-0.3, -0.25) is 5.32 Å². The number of aromatic nitrogens is 1. The number of anilines is 1. The molecule has 1 heterocycles. The van der Waals surface area contributed by atoms with Gasteiger partial charge < -0.3 is 4.74 Å². The van der Waals surface area contributed by atoms with Crippen LogP contribution in [0.25, 0.3) is 0 Å². The number of hydrogen-bond donors (Lipinski definition) is 1. The first kappa shape index (κ1) is 14.0. The summed E-state index contributed by atoms with van der Waals surface area (Å²) in [5.41, 5.74) is 0.346. The van der Waals surface area contributed by atoms with Crippen LogP contribution in [0.5, 0.6) is 5.75 Å². The SMILES string of the molecule is CS(=O)(=O)c1ccc(NC(=O)Oc2ccccc2)cn1.